The molecule has 0 aromatic heterocycles. The van der Waals surface area contributed by atoms with Gasteiger partial charge in [-0.05, 0) is 11.0 Å². The topological polar surface area (TPSA) is 3.24 Å². The summed E-state index contributed by atoms with van der Waals surface area (Å²) in [5.74, 6) is 0. The van der Waals surface area contributed by atoms with Gasteiger partial charge in [-0.25, -0.2) is 0 Å². The molecular weight excluding hydrogens is 250 g/mol. The SMILES string of the molecule is CC1(C)CN(Cc2ccccc2)CC1Br. The van der Waals surface area contributed by atoms with Crippen molar-refractivity contribution in [2.45, 2.75) is 25.2 Å². The zero-order valence-corrected chi connectivity index (χ0v) is 11.0. The van der Waals surface area contributed by atoms with E-state index in [2.05, 4.69) is 65.0 Å². The molecule has 1 fully saturated rings. The normalized spacial score (nSPS) is 25.7. The largest absolute Gasteiger partial charge is 0.297 e. The van der Waals surface area contributed by atoms with Crippen LogP contribution in [0.1, 0.15) is 19.4 Å². The second-order valence-corrected chi connectivity index (χ2v) is 6.22. The number of alkyl halides is 1. The van der Waals surface area contributed by atoms with Gasteiger partial charge in [-0.3, -0.25) is 4.90 Å². The molecule has 0 saturated carbocycles. The molecule has 1 aromatic carbocycles. The first-order valence-electron chi connectivity index (χ1n) is 5.48. The van der Waals surface area contributed by atoms with Crippen LogP contribution in [0, 0.1) is 5.41 Å². The Morgan fingerprint density at radius 3 is 2.53 bits per heavy atom. The van der Waals surface area contributed by atoms with Gasteiger partial charge in [0.1, 0.15) is 0 Å². The fraction of sp³-hybridized carbons (Fsp3) is 0.538. The molecule has 1 atom stereocenters. The molecule has 0 spiro atoms. The highest BCUT2D eigenvalue weighted by Crippen LogP contribution is 2.35. The monoisotopic (exact) mass is 267 g/mol. The van der Waals surface area contributed by atoms with Gasteiger partial charge in [0.2, 0.25) is 0 Å². The highest BCUT2D eigenvalue weighted by atomic mass is 79.9. The van der Waals surface area contributed by atoms with Crippen molar-refractivity contribution in [2.75, 3.05) is 13.1 Å². The van der Waals surface area contributed by atoms with Crippen LogP contribution in [0.3, 0.4) is 0 Å². The van der Waals surface area contributed by atoms with E-state index in [-0.39, 0.29) is 0 Å². The van der Waals surface area contributed by atoms with Gasteiger partial charge in [0, 0.05) is 24.5 Å². The molecule has 15 heavy (non-hydrogen) atoms. The van der Waals surface area contributed by atoms with Crippen molar-refractivity contribution < 1.29 is 0 Å². The molecule has 0 radical (unpaired) electrons. The molecule has 1 saturated heterocycles. The van der Waals surface area contributed by atoms with Gasteiger partial charge in [-0.1, -0.05) is 60.1 Å². The number of rotatable bonds is 2. The Morgan fingerprint density at radius 2 is 2.00 bits per heavy atom. The molecule has 1 aromatic rings. The maximum Gasteiger partial charge on any atom is 0.0336 e. The first-order valence-corrected chi connectivity index (χ1v) is 6.40. The molecule has 2 rings (SSSR count). The lowest BCUT2D eigenvalue weighted by Crippen LogP contribution is -2.23. The third kappa shape index (κ3) is 2.61. The summed E-state index contributed by atoms with van der Waals surface area (Å²) in [7, 11) is 0. The maximum absolute atomic E-state index is 3.77. The number of benzene rings is 1. The molecular formula is C13H18BrN. The Morgan fingerprint density at radius 1 is 1.33 bits per heavy atom. The lowest BCUT2D eigenvalue weighted by molar-refractivity contribution is 0.285. The molecule has 1 aliphatic heterocycles. The Kier molecular flexibility index (Phi) is 3.17. The summed E-state index contributed by atoms with van der Waals surface area (Å²) < 4.78 is 0. The zero-order chi connectivity index (χ0) is 10.9. The van der Waals surface area contributed by atoms with Gasteiger partial charge in [-0.2, -0.15) is 0 Å². The molecule has 1 nitrogen and oxygen atoms in total. The number of halogens is 1. The van der Waals surface area contributed by atoms with E-state index in [4.69, 9.17) is 0 Å². The van der Waals surface area contributed by atoms with Crippen LogP contribution in [-0.2, 0) is 6.54 Å². The Labute approximate surface area is 101 Å². The summed E-state index contributed by atoms with van der Waals surface area (Å²) in [5.41, 5.74) is 1.81. The lowest BCUT2D eigenvalue weighted by atomic mass is 9.93. The summed E-state index contributed by atoms with van der Waals surface area (Å²) in [4.78, 5) is 3.14. The van der Waals surface area contributed by atoms with Crippen LogP contribution in [0.2, 0.25) is 0 Å². The van der Waals surface area contributed by atoms with E-state index in [1.165, 1.54) is 12.1 Å². The quantitative estimate of drug-likeness (QED) is 0.744. The van der Waals surface area contributed by atoms with Crippen molar-refractivity contribution in [2.24, 2.45) is 5.41 Å². The van der Waals surface area contributed by atoms with E-state index in [0.717, 1.165) is 13.1 Å². The van der Waals surface area contributed by atoms with Gasteiger partial charge < -0.3 is 0 Å². The molecule has 0 aliphatic carbocycles. The van der Waals surface area contributed by atoms with Crippen molar-refractivity contribution in [1.29, 1.82) is 0 Å². The van der Waals surface area contributed by atoms with Crippen LogP contribution >= 0.6 is 15.9 Å². The number of nitrogens with zero attached hydrogens (tertiary/aromatic N) is 1. The number of hydrogen-bond acceptors (Lipinski definition) is 1. The summed E-state index contributed by atoms with van der Waals surface area (Å²) >= 11 is 3.77. The highest BCUT2D eigenvalue weighted by molar-refractivity contribution is 9.09. The predicted octanol–water partition coefficient (Wildman–Crippen LogP) is 3.29. The standard InChI is InChI=1S/C13H18BrN/c1-13(2)10-15(9-12(13)14)8-11-6-4-3-5-7-11/h3-7,12H,8-10H2,1-2H3. The second kappa shape index (κ2) is 4.26. The minimum absolute atomic E-state index is 0.398. The van der Waals surface area contributed by atoms with Gasteiger partial charge in [-0.15, -0.1) is 0 Å². The smallest absolute Gasteiger partial charge is 0.0336 e. The van der Waals surface area contributed by atoms with E-state index < -0.39 is 0 Å². The van der Waals surface area contributed by atoms with Crippen molar-refractivity contribution in [3.63, 3.8) is 0 Å². The van der Waals surface area contributed by atoms with Crippen LogP contribution < -0.4 is 0 Å². The van der Waals surface area contributed by atoms with Crippen LogP contribution in [0.5, 0.6) is 0 Å². The molecule has 2 heteroatoms. The average molecular weight is 268 g/mol. The fourth-order valence-corrected chi connectivity index (χ4v) is 2.73. The summed E-state index contributed by atoms with van der Waals surface area (Å²) in [6.45, 7) is 8.07. The van der Waals surface area contributed by atoms with Crippen molar-refractivity contribution in [1.82, 2.24) is 4.90 Å². The van der Waals surface area contributed by atoms with Gasteiger partial charge in [0.05, 0.1) is 0 Å². The van der Waals surface area contributed by atoms with Gasteiger partial charge >= 0.3 is 0 Å². The Balaban J connectivity index is 1.99. The minimum Gasteiger partial charge on any atom is -0.297 e. The van der Waals surface area contributed by atoms with Crippen LogP contribution in [0.25, 0.3) is 0 Å². The number of hydrogen-bond donors (Lipinski definition) is 0. The summed E-state index contributed by atoms with van der Waals surface area (Å²) in [6.07, 6.45) is 0. The zero-order valence-electron chi connectivity index (χ0n) is 9.41. The van der Waals surface area contributed by atoms with Crippen molar-refractivity contribution in [3.8, 4) is 0 Å². The molecule has 1 unspecified atom stereocenters. The van der Waals surface area contributed by atoms with E-state index in [0.29, 0.717) is 10.2 Å². The predicted molar refractivity (Wildman–Crippen MR) is 68.2 cm³/mol. The molecule has 1 aliphatic rings. The van der Waals surface area contributed by atoms with E-state index in [9.17, 15) is 0 Å². The number of likely N-dealkylation sites (tertiary alicyclic amines) is 1. The minimum atomic E-state index is 0.398. The van der Waals surface area contributed by atoms with Crippen molar-refractivity contribution >= 4 is 15.9 Å². The second-order valence-electron chi connectivity index (χ2n) is 5.11. The molecule has 0 amide bonds. The molecule has 0 bridgehead atoms. The fourth-order valence-electron chi connectivity index (χ4n) is 2.18. The van der Waals surface area contributed by atoms with Crippen LogP contribution in [0.4, 0.5) is 0 Å². The molecule has 0 N–H and O–H groups in total. The average Bonchev–Trinajstić information content (AvgIpc) is 2.42. The van der Waals surface area contributed by atoms with Gasteiger partial charge in [0.15, 0.2) is 0 Å². The van der Waals surface area contributed by atoms with Gasteiger partial charge in [0.25, 0.3) is 0 Å². The third-order valence-corrected chi connectivity index (χ3v) is 4.68. The molecule has 82 valence electrons. The Hall–Kier alpha value is -0.340. The summed E-state index contributed by atoms with van der Waals surface area (Å²) in [5, 5.41) is 0. The Bertz CT molecular complexity index is 321. The first-order chi connectivity index (χ1) is 7.08. The third-order valence-electron chi connectivity index (χ3n) is 3.15. The highest BCUT2D eigenvalue weighted by Gasteiger charge is 2.37. The van der Waals surface area contributed by atoms with E-state index in [1.807, 2.05) is 0 Å². The van der Waals surface area contributed by atoms with Crippen LogP contribution in [-0.4, -0.2) is 22.8 Å². The maximum atomic E-state index is 3.77. The van der Waals surface area contributed by atoms with Crippen molar-refractivity contribution in [3.05, 3.63) is 35.9 Å². The van der Waals surface area contributed by atoms with E-state index >= 15 is 0 Å². The first kappa shape index (κ1) is 11.2. The lowest BCUT2D eigenvalue weighted by Gasteiger charge is -2.21. The van der Waals surface area contributed by atoms with E-state index in [1.54, 1.807) is 0 Å². The summed E-state index contributed by atoms with van der Waals surface area (Å²) in [6, 6.07) is 10.7. The van der Waals surface area contributed by atoms with Crippen LogP contribution in [0.15, 0.2) is 30.3 Å². The molecule has 1 heterocycles.